The number of carbonyl (C=O) groups is 1. The Hall–Kier alpha value is -3.05. The average molecular weight is 489 g/mol. The fourth-order valence-corrected chi connectivity index (χ4v) is 5.05. The molecule has 0 aliphatic carbocycles. The third-order valence-corrected chi connectivity index (χ3v) is 7.06. The quantitative estimate of drug-likeness (QED) is 0.283. The highest BCUT2D eigenvalue weighted by atomic mass is 35.5. The number of aliphatic imine (C=N–C) groups is 1. The van der Waals surface area contributed by atoms with Gasteiger partial charge in [0.25, 0.3) is 5.91 Å². The molecule has 1 aliphatic heterocycles. The second-order valence-corrected chi connectivity index (χ2v) is 9.45. The molecule has 0 atom stereocenters. The number of halogens is 2. The summed E-state index contributed by atoms with van der Waals surface area (Å²) >= 11 is 14.1. The topological polar surface area (TPSA) is 41.5 Å². The van der Waals surface area contributed by atoms with E-state index in [9.17, 15) is 4.79 Å². The Bertz CT molecular complexity index is 1400. The van der Waals surface area contributed by atoms with Crippen molar-refractivity contribution in [2.45, 2.75) is 16.3 Å². The van der Waals surface area contributed by atoms with E-state index in [1.54, 1.807) is 11.8 Å². The smallest absolute Gasteiger partial charge is 0.251 e. The van der Waals surface area contributed by atoms with E-state index in [1.807, 2.05) is 78.9 Å². The average Bonchev–Trinajstić information content (AvgIpc) is 2.99. The molecule has 4 aromatic rings. The van der Waals surface area contributed by atoms with Crippen molar-refractivity contribution in [2.75, 3.05) is 0 Å². The van der Waals surface area contributed by atoms with Crippen molar-refractivity contribution in [2.24, 2.45) is 4.99 Å². The third-order valence-electron chi connectivity index (χ3n) is 5.31. The minimum Gasteiger partial charge on any atom is -0.348 e. The van der Waals surface area contributed by atoms with E-state index in [2.05, 4.69) is 17.4 Å². The number of benzene rings is 4. The van der Waals surface area contributed by atoms with Crippen LogP contribution in [0.3, 0.4) is 0 Å². The van der Waals surface area contributed by atoms with Crippen LogP contribution in [0.2, 0.25) is 10.0 Å². The van der Waals surface area contributed by atoms with Crippen LogP contribution in [0, 0.1) is 0 Å². The summed E-state index contributed by atoms with van der Waals surface area (Å²) in [5, 5.41) is 4.23. The second-order valence-electron chi connectivity index (χ2n) is 7.53. The van der Waals surface area contributed by atoms with E-state index in [0.29, 0.717) is 22.2 Å². The first-order valence-corrected chi connectivity index (χ1v) is 11.9. The van der Waals surface area contributed by atoms with Gasteiger partial charge >= 0.3 is 0 Å². The first kappa shape index (κ1) is 21.8. The van der Waals surface area contributed by atoms with Crippen LogP contribution in [0.4, 0.5) is 5.69 Å². The molecule has 0 spiro atoms. The summed E-state index contributed by atoms with van der Waals surface area (Å²) in [5.41, 5.74) is 4.95. The Morgan fingerprint density at radius 2 is 1.67 bits per heavy atom. The highest BCUT2D eigenvalue weighted by Gasteiger charge is 2.20. The largest absolute Gasteiger partial charge is 0.348 e. The molecule has 0 aromatic heterocycles. The summed E-state index contributed by atoms with van der Waals surface area (Å²) in [7, 11) is 0. The lowest BCUT2D eigenvalue weighted by atomic mass is 10.0. The predicted octanol–water partition coefficient (Wildman–Crippen LogP) is 7.56. The lowest BCUT2D eigenvalue weighted by molar-refractivity contribution is 0.0951. The van der Waals surface area contributed by atoms with Crippen LogP contribution in [-0.2, 0) is 6.54 Å². The second kappa shape index (κ2) is 9.44. The molecule has 0 saturated carbocycles. The van der Waals surface area contributed by atoms with Crippen LogP contribution in [0.5, 0.6) is 0 Å². The van der Waals surface area contributed by atoms with Crippen LogP contribution < -0.4 is 5.32 Å². The first-order chi connectivity index (χ1) is 16.1. The summed E-state index contributed by atoms with van der Waals surface area (Å²) in [6.07, 6.45) is 0. The number of nitrogens with one attached hydrogen (secondary N) is 1. The van der Waals surface area contributed by atoms with Crippen molar-refractivity contribution in [3.63, 3.8) is 0 Å². The van der Waals surface area contributed by atoms with E-state index >= 15 is 0 Å². The van der Waals surface area contributed by atoms with Crippen molar-refractivity contribution in [1.29, 1.82) is 0 Å². The van der Waals surface area contributed by atoms with Gasteiger partial charge in [-0.2, -0.15) is 0 Å². The summed E-state index contributed by atoms with van der Waals surface area (Å²) in [6, 6.07) is 28.9. The molecule has 162 valence electrons. The molecule has 1 heterocycles. The zero-order chi connectivity index (χ0) is 22.8. The maximum Gasteiger partial charge on any atom is 0.251 e. The van der Waals surface area contributed by atoms with Crippen molar-refractivity contribution in [1.82, 2.24) is 5.32 Å². The molecule has 1 aliphatic rings. The Morgan fingerprint density at radius 3 is 2.52 bits per heavy atom. The summed E-state index contributed by atoms with van der Waals surface area (Å²) in [4.78, 5) is 20.0. The van der Waals surface area contributed by atoms with E-state index in [4.69, 9.17) is 28.2 Å². The Balaban J connectivity index is 1.51. The molecule has 33 heavy (non-hydrogen) atoms. The van der Waals surface area contributed by atoms with Gasteiger partial charge in [-0.25, -0.2) is 4.99 Å². The number of nitrogens with zero attached hydrogens (tertiary/aromatic N) is 1. The zero-order valence-corrected chi connectivity index (χ0v) is 19.7. The van der Waals surface area contributed by atoms with Gasteiger partial charge < -0.3 is 5.32 Å². The zero-order valence-electron chi connectivity index (χ0n) is 17.4. The molecule has 1 N–H and O–H groups in total. The van der Waals surface area contributed by atoms with Crippen molar-refractivity contribution in [3.05, 3.63) is 123 Å². The predicted molar refractivity (Wildman–Crippen MR) is 136 cm³/mol. The summed E-state index contributed by atoms with van der Waals surface area (Å²) < 4.78 is 0. The lowest BCUT2D eigenvalue weighted by Gasteiger charge is -2.09. The van der Waals surface area contributed by atoms with Crippen molar-refractivity contribution >= 4 is 52.3 Å². The monoisotopic (exact) mass is 488 g/mol. The number of carbonyl (C=O) groups excluding carboxylic acids is 1. The molecule has 6 heteroatoms. The van der Waals surface area contributed by atoms with Gasteiger partial charge in [-0.3, -0.25) is 4.79 Å². The molecular weight excluding hydrogens is 471 g/mol. The Kier molecular flexibility index (Phi) is 6.23. The molecular formula is C27H18Cl2N2OS. The highest BCUT2D eigenvalue weighted by molar-refractivity contribution is 7.99. The Morgan fingerprint density at radius 1 is 0.848 bits per heavy atom. The number of rotatable bonds is 4. The standard InChI is InChI=1S/C27H18Cl2N2OS/c28-20-8-5-7-17(14-20)26-21-9-2-4-11-24(21)33-25-13-12-18(15-23(25)31-26)27(32)30-16-19-6-1-3-10-22(19)29/h1-15H,16H2,(H,30,32). The molecule has 0 saturated heterocycles. The molecule has 0 unspecified atom stereocenters. The fourth-order valence-electron chi connectivity index (χ4n) is 3.66. The van der Waals surface area contributed by atoms with E-state index in [-0.39, 0.29) is 5.91 Å². The van der Waals surface area contributed by atoms with Gasteiger partial charge in [0.2, 0.25) is 0 Å². The molecule has 0 bridgehead atoms. The van der Waals surface area contributed by atoms with Crippen LogP contribution >= 0.6 is 35.0 Å². The number of hydrogen-bond donors (Lipinski definition) is 1. The third kappa shape index (κ3) is 4.69. The Labute approximate surface area is 206 Å². The molecule has 4 aromatic carbocycles. The van der Waals surface area contributed by atoms with Gasteiger partial charge in [0.05, 0.1) is 11.4 Å². The fraction of sp³-hybridized carbons (Fsp3) is 0.0370. The summed E-state index contributed by atoms with van der Waals surface area (Å²) in [5.74, 6) is -0.177. The van der Waals surface area contributed by atoms with Gasteiger partial charge in [0.15, 0.2) is 0 Å². The van der Waals surface area contributed by atoms with E-state index in [0.717, 1.165) is 37.9 Å². The van der Waals surface area contributed by atoms with Gasteiger partial charge in [-0.1, -0.05) is 83.5 Å². The van der Waals surface area contributed by atoms with Crippen LogP contribution in [0.25, 0.3) is 0 Å². The van der Waals surface area contributed by atoms with Gasteiger partial charge in [0, 0.05) is 43.1 Å². The molecule has 3 nitrogen and oxygen atoms in total. The van der Waals surface area contributed by atoms with Gasteiger partial charge in [0.1, 0.15) is 0 Å². The SMILES string of the molecule is O=C(NCc1ccccc1Cl)c1ccc2c(c1)N=C(c1cccc(Cl)c1)c1ccccc1S2. The van der Waals surface area contributed by atoms with Gasteiger partial charge in [-0.15, -0.1) is 0 Å². The van der Waals surface area contributed by atoms with Crippen molar-refractivity contribution in [3.8, 4) is 0 Å². The number of amides is 1. The number of fused-ring (bicyclic) bond motifs is 2. The lowest BCUT2D eigenvalue weighted by Crippen LogP contribution is -2.22. The van der Waals surface area contributed by atoms with Gasteiger partial charge in [-0.05, 0) is 48.0 Å². The van der Waals surface area contributed by atoms with E-state index in [1.165, 1.54) is 0 Å². The van der Waals surface area contributed by atoms with Crippen LogP contribution in [0.15, 0.2) is 106 Å². The van der Waals surface area contributed by atoms with E-state index < -0.39 is 0 Å². The normalized spacial score (nSPS) is 12.2. The molecule has 0 fully saturated rings. The molecule has 0 radical (unpaired) electrons. The maximum absolute atomic E-state index is 12.9. The highest BCUT2D eigenvalue weighted by Crippen LogP contribution is 2.41. The number of hydrogen-bond acceptors (Lipinski definition) is 3. The summed E-state index contributed by atoms with van der Waals surface area (Å²) in [6.45, 7) is 0.354. The van der Waals surface area contributed by atoms with Crippen molar-refractivity contribution < 1.29 is 4.79 Å². The minimum atomic E-state index is -0.177. The molecule has 5 rings (SSSR count). The minimum absolute atomic E-state index is 0.177. The van der Waals surface area contributed by atoms with Crippen LogP contribution in [-0.4, -0.2) is 11.6 Å². The molecule has 1 amide bonds. The first-order valence-electron chi connectivity index (χ1n) is 10.4. The van der Waals surface area contributed by atoms with Crippen LogP contribution in [0.1, 0.15) is 27.0 Å². The maximum atomic E-state index is 12.9.